The van der Waals surface area contributed by atoms with E-state index in [0.29, 0.717) is 29.4 Å². The molecular weight excluding hydrogens is 388 g/mol. The number of aryl methyl sites for hydroxylation is 1. The third-order valence-electron chi connectivity index (χ3n) is 4.45. The minimum atomic E-state index is -0.567. The van der Waals surface area contributed by atoms with Crippen LogP contribution in [0.15, 0.2) is 32.9 Å². The number of hydrazone groups is 1. The standard InChI is InChI=1S/C21H28N4O5/c1-4-5-6-11-30-17-9-7-15(12-18(17)29-3)13-22-25-19(26)10-8-16-14(2)23-21(28)24-20(16)27/h7,9,12-13H,4-6,8,10-11H2,1-3H3,(H,25,26)(H2,23,24,27,28)/b22-13+. The molecule has 1 amide bonds. The number of aromatic amines is 2. The van der Waals surface area contributed by atoms with Crippen LogP contribution in [0.1, 0.15) is 49.4 Å². The first-order valence-corrected chi connectivity index (χ1v) is 9.89. The van der Waals surface area contributed by atoms with Gasteiger partial charge < -0.3 is 14.5 Å². The summed E-state index contributed by atoms with van der Waals surface area (Å²) in [4.78, 5) is 39.6. The number of aromatic nitrogens is 2. The molecule has 1 aromatic carbocycles. The summed E-state index contributed by atoms with van der Waals surface area (Å²) in [5.74, 6) is 0.907. The van der Waals surface area contributed by atoms with Crippen molar-refractivity contribution in [2.45, 2.75) is 46.0 Å². The van der Waals surface area contributed by atoms with Gasteiger partial charge in [-0.3, -0.25) is 14.6 Å². The summed E-state index contributed by atoms with van der Waals surface area (Å²) in [7, 11) is 1.57. The van der Waals surface area contributed by atoms with E-state index >= 15 is 0 Å². The monoisotopic (exact) mass is 416 g/mol. The summed E-state index contributed by atoms with van der Waals surface area (Å²) in [6, 6.07) is 5.39. The van der Waals surface area contributed by atoms with Crippen molar-refractivity contribution in [1.29, 1.82) is 0 Å². The average molecular weight is 416 g/mol. The first-order chi connectivity index (χ1) is 14.4. The van der Waals surface area contributed by atoms with Gasteiger partial charge in [-0.25, -0.2) is 10.2 Å². The van der Waals surface area contributed by atoms with Gasteiger partial charge in [0.15, 0.2) is 11.5 Å². The van der Waals surface area contributed by atoms with Crippen LogP contribution in [0.4, 0.5) is 0 Å². The van der Waals surface area contributed by atoms with E-state index in [2.05, 4.69) is 27.4 Å². The van der Waals surface area contributed by atoms with Crippen molar-refractivity contribution in [3.63, 3.8) is 0 Å². The molecule has 0 unspecified atom stereocenters. The average Bonchev–Trinajstić information content (AvgIpc) is 2.71. The molecular formula is C21H28N4O5. The molecule has 0 saturated carbocycles. The lowest BCUT2D eigenvalue weighted by Gasteiger charge is -2.11. The Hall–Kier alpha value is -3.36. The number of carbonyl (C=O) groups excluding carboxylic acids is 1. The molecule has 0 bridgehead atoms. The van der Waals surface area contributed by atoms with Crippen LogP contribution in [-0.2, 0) is 11.2 Å². The molecule has 0 atom stereocenters. The van der Waals surface area contributed by atoms with E-state index in [0.717, 1.165) is 24.8 Å². The van der Waals surface area contributed by atoms with Gasteiger partial charge in [0, 0.05) is 17.7 Å². The van der Waals surface area contributed by atoms with E-state index < -0.39 is 11.2 Å². The first kappa shape index (κ1) is 22.9. The largest absolute Gasteiger partial charge is 0.493 e. The topological polar surface area (TPSA) is 126 Å². The van der Waals surface area contributed by atoms with Crippen LogP contribution in [0, 0.1) is 6.92 Å². The number of benzene rings is 1. The maximum Gasteiger partial charge on any atom is 0.325 e. The highest BCUT2D eigenvalue weighted by Crippen LogP contribution is 2.27. The molecule has 2 rings (SSSR count). The van der Waals surface area contributed by atoms with Gasteiger partial charge in [0.05, 0.1) is 19.9 Å². The molecule has 1 heterocycles. The Bertz CT molecular complexity index is 994. The van der Waals surface area contributed by atoms with Crippen molar-refractivity contribution >= 4 is 12.1 Å². The molecule has 162 valence electrons. The van der Waals surface area contributed by atoms with Gasteiger partial charge in [-0.15, -0.1) is 0 Å². The van der Waals surface area contributed by atoms with Gasteiger partial charge in [-0.1, -0.05) is 19.8 Å². The molecule has 9 heteroatoms. The van der Waals surface area contributed by atoms with Crippen LogP contribution < -0.4 is 26.1 Å². The Labute approximate surface area is 174 Å². The minimum Gasteiger partial charge on any atom is -0.493 e. The summed E-state index contributed by atoms with van der Waals surface area (Å²) in [5.41, 5.74) is 2.92. The second-order valence-electron chi connectivity index (χ2n) is 6.77. The Morgan fingerprint density at radius 2 is 2.00 bits per heavy atom. The number of carbonyl (C=O) groups is 1. The zero-order chi connectivity index (χ0) is 21.9. The molecule has 0 aliphatic carbocycles. The highest BCUT2D eigenvalue weighted by Gasteiger charge is 2.09. The van der Waals surface area contributed by atoms with Crippen molar-refractivity contribution in [1.82, 2.24) is 15.4 Å². The molecule has 1 aromatic heterocycles. The lowest BCUT2D eigenvalue weighted by molar-refractivity contribution is -0.121. The van der Waals surface area contributed by atoms with Crippen molar-refractivity contribution < 1.29 is 14.3 Å². The summed E-state index contributed by atoms with van der Waals surface area (Å²) in [6.07, 6.45) is 4.97. The number of hydrogen-bond acceptors (Lipinski definition) is 6. The predicted molar refractivity (Wildman–Crippen MR) is 114 cm³/mol. The fourth-order valence-electron chi connectivity index (χ4n) is 2.82. The fraction of sp³-hybridized carbons (Fsp3) is 0.429. The number of nitrogens with zero attached hydrogens (tertiary/aromatic N) is 1. The summed E-state index contributed by atoms with van der Waals surface area (Å²) < 4.78 is 11.1. The van der Waals surface area contributed by atoms with Gasteiger partial charge >= 0.3 is 5.69 Å². The van der Waals surface area contributed by atoms with E-state index in [9.17, 15) is 14.4 Å². The van der Waals surface area contributed by atoms with Gasteiger partial charge in [0.2, 0.25) is 5.91 Å². The number of methoxy groups -OCH3 is 1. The second kappa shape index (κ2) is 11.6. The number of rotatable bonds is 11. The molecule has 0 spiro atoms. The van der Waals surface area contributed by atoms with Gasteiger partial charge in [-0.05, 0) is 43.5 Å². The smallest absolute Gasteiger partial charge is 0.325 e. The summed E-state index contributed by atoms with van der Waals surface area (Å²) in [6.45, 7) is 4.38. The molecule has 2 aromatic rings. The zero-order valence-corrected chi connectivity index (χ0v) is 17.5. The Morgan fingerprint density at radius 1 is 1.20 bits per heavy atom. The highest BCUT2D eigenvalue weighted by atomic mass is 16.5. The van der Waals surface area contributed by atoms with Crippen LogP contribution in [0.25, 0.3) is 0 Å². The number of amides is 1. The Kier molecular flexibility index (Phi) is 8.86. The van der Waals surface area contributed by atoms with E-state index in [1.165, 1.54) is 6.21 Å². The fourth-order valence-corrected chi connectivity index (χ4v) is 2.82. The molecule has 3 N–H and O–H groups in total. The molecule has 0 aliphatic heterocycles. The van der Waals surface area contributed by atoms with Crippen molar-refractivity contribution in [2.75, 3.05) is 13.7 Å². The normalized spacial score (nSPS) is 10.9. The third kappa shape index (κ3) is 6.91. The van der Waals surface area contributed by atoms with Crippen molar-refractivity contribution in [3.05, 3.63) is 55.9 Å². The molecule has 30 heavy (non-hydrogen) atoms. The van der Waals surface area contributed by atoms with E-state index in [1.54, 1.807) is 26.2 Å². The number of ether oxygens (including phenoxy) is 2. The molecule has 0 saturated heterocycles. The summed E-state index contributed by atoms with van der Waals surface area (Å²) in [5, 5.41) is 3.94. The van der Waals surface area contributed by atoms with Gasteiger partial charge in [-0.2, -0.15) is 5.10 Å². The number of nitrogens with one attached hydrogen (secondary N) is 3. The van der Waals surface area contributed by atoms with Crippen LogP contribution in [-0.4, -0.2) is 35.8 Å². The Morgan fingerprint density at radius 3 is 2.70 bits per heavy atom. The molecule has 0 aliphatic rings. The maximum atomic E-state index is 12.0. The maximum absolute atomic E-state index is 12.0. The quantitative estimate of drug-likeness (QED) is 0.294. The minimum absolute atomic E-state index is 0.0567. The molecule has 0 fully saturated rings. The molecule has 9 nitrogen and oxygen atoms in total. The number of hydrogen-bond donors (Lipinski definition) is 3. The molecule has 0 radical (unpaired) electrons. The SMILES string of the molecule is CCCCCOc1ccc(/C=N/NC(=O)CCc2c(C)[nH]c(=O)[nH]c2=O)cc1OC. The van der Waals surface area contributed by atoms with Crippen LogP contribution >= 0.6 is 0 Å². The van der Waals surface area contributed by atoms with Crippen LogP contribution in [0.3, 0.4) is 0 Å². The van der Waals surface area contributed by atoms with E-state index in [1.807, 2.05) is 6.07 Å². The van der Waals surface area contributed by atoms with Crippen molar-refractivity contribution in [3.8, 4) is 11.5 Å². The van der Waals surface area contributed by atoms with E-state index in [4.69, 9.17) is 9.47 Å². The second-order valence-corrected chi connectivity index (χ2v) is 6.77. The zero-order valence-electron chi connectivity index (χ0n) is 17.5. The number of unbranched alkanes of at least 4 members (excludes halogenated alkanes) is 2. The highest BCUT2D eigenvalue weighted by molar-refractivity contribution is 5.83. The first-order valence-electron chi connectivity index (χ1n) is 9.89. The third-order valence-corrected chi connectivity index (χ3v) is 4.45. The predicted octanol–water partition coefficient (Wildman–Crippen LogP) is 2.03. The number of H-pyrrole nitrogens is 2. The van der Waals surface area contributed by atoms with Crippen molar-refractivity contribution in [2.24, 2.45) is 5.10 Å². The van der Waals surface area contributed by atoms with Gasteiger partial charge in [0.25, 0.3) is 5.56 Å². The van der Waals surface area contributed by atoms with Gasteiger partial charge in [0.1, 0.15) is 0 Å². The summed E-state index contributed by atoms with van der Waals surface area (Å²) >= 11 is 0. The van der Waals surface area contributed by atoms with E-state index in [-0.39, 0.29) is 18.7 Å². The lowest BCUT2D eigenvalue weighted by atomic mass is 10.1. The van der Waals surface area contributed by atoms with Crippen LogP contribution in [0.2, 0.25) is 0 Å². The Balaban J connectivity index is 1.89. The lowest BCUT2D eigenvalue weighted by Crippen LogP contribution is -2.28. The van der Waals surface area contributed by atoms with Crippen LogP contribution in [0.5, 0.6) is 11.5 Å².